The predicted octanol–water partition coefficient (Wildman–Crippen LogP) is 2.79. The van der Waals surface area contributed by atoms with Crippen LogP contribution >= 0.6 is 0 Å². The molecule has 0 bridgehead atoms. The average molecular weight is 261 g/mol. The molecule has 0 heterocycles. The zero-order valence-electron chi connectivity index (χ0n) is 11.5. The number of nitrogens with zero attached hydrogens (tertiary/aromatic N) is 1. The molecule has 1 unspecified atom stereocenters. The van der Waals surface area contributed by atoms with Gasteiger partial charge in [-0.25, -0.2) is 0 Å². The highest BCUT2D eigenvalue weighted by Crippen LogP contribution is 2.32. The van der Waals surface area contributed by atoms with Crippen LogP contribution < -0.4 is 11.1 Å². The molecule has 1 saturated carbocycles. The van der Waals surface area contributed by atoms with Crippen molar-refractivity contribution in [2.45, 2.75) is 50.6 Å². The van der Waals surface area contributed by atoms with E-state index in [1.54, 1.807) is 0 Å². The highest BCUT2D eigenvalue weighted by atomic mass is 16.4. The second-order valence-electron chi connectivity index (χ2n) is 5.67. The molecule has 0 amide bonds. The molecular formula is C15H23N3O. The fourth-order valence-corrected chi connectivity index (χ4v) is 2.91. The second-order valence-corrected chi connectivity index (χ2v) is 5.67. The number of hydrogen-bond acceptors (Lipinski definition) is 3. The second kappa shape index (κ2) is 6.06. The number of amidine groups is 1. The zero-order valence-corrected chi connectivity index (χ0v) is 11.5. The molecule has 1 aliphatic rings. The van der Waals surface area contributed by atoms with E-state index in [0.717, 1.165) is 0 Å². The van der Waals surface area contributed by atoms with Crippen LogP contribution in [0.1, 0.15) is 50.6 Å². The van der Waals surface area contributed by atoms with E-state index in [9.17, 15) is 0 Å². The van der Waals surface area contributed by atoms with Gasteiger partial charge in [-0.3, -0.25) is 0 Å². The minimum absolute atomic E-state index is 0.0974. The van der Waals surface area contributed by atoms with E-state index < -0.39 is 0 Å². The molecule has 1 aromatic rings. The molecule has 0 aromatic heterocycles. The summed E-state index contributed by atoms with van der Waals surface area (Å²) in [5.74, 6) is 0.267. The van der Waals surface area contributed by atoms with Gasteiger partial charge in [0.05, 0.1) is 0 Å². The van der Waals surface area contributed by atoms with Gasteiger partial charge < -0.3 is 16.3 Å². The van der Waals surface area contributed by atoms with Crippen LogP contribution in [0.2, 0.25) is 0 Å². The highest BCUT2D eigenvalue weighted by molar-refractivity contribution is 5.80. The first-order chi connectivity index (χ1) is 9.13. The fraction of sp³-hybridized carbons (Fsp3) is 0.533. The predicted molar refractivity (Wildman–Crippen MR) is 77.2 cm³/mol. The molecule has 4 nitrogen and oxygen atoms in total. The summed E-state index contributed by atoms with van der Waals surface area (Å²) in [6.07, 6.45) is 5.44. The molecule has 0 saturated heterocycles. The number of benzene rings is 1. The van der Waals surface area contributed by atoms with E-state index in [2.05, 4.69) is 29.5 Å². The van der Waals surface area contributed by atoms with E-state index >= 15 is 0 Å². The minimum Gasteiger partial charge on any atom is -0.409 e. The number of rotatable bonds is 5. The molecule has 4 N–H and O–H groups in total. The molecule has 4 heteroatoms. The standard InChI is InChI=1S/C15H23N3O/c1-15(9-5-6-10-15)17-13(11-14(16)18-19)12-7-3-2-4-8-12/h2-4,7-8,13,17,19H,5-6,9-11H2,1H3,(H2,16,18). The van der Waals surface area contributed by atoms with Crippen LogP contribution in [-0.2, 0) is 0 Å². The molecule has 2 rings (SSSR count). The van der Waals surface area contributed by atoms with E-state index in [-0.39, 0.29) is 17.4 Å². The smallest absolute Gasteiger partial charge is 0.141 e. The van der Waals surface area contributed by atoms with Crippen LogP contribution in [0.25, 0.3) is 0 Å². The van der Waals surface area contributed by atoms with Gasteiger partial charge in [0.1, 0.15) is 5.84 Å². The summed E-state index contributed by atoms with van der Waals surface area (Å²) in [6, 6.07) is 10.3. The highest BCUT2D eigenvalue weighted by Gasteiger charge is 2.31. The van der Waals surface area contributed by atoms with E-state index in [1.807, 2.05) is 18.2 Å². The van der Waals surface area contributed by atoms with Crippen molar-refractivity contribution in [2.24, 2.45) is 10.9 Å². The lowest BCUT2D eigenvalue weighted by Crippen LogP contribution is -2.43. The van der Waals surface area contributed by atoms with E-state index in [1.165, 1.54) is 31.2 Å². The van der Waals surface area contributed by atoms with Crippen molar-refractivity contribution in [3.8, 4) is 0 Å². The summed E-state index contributed by atoms with van der Waals surface area (Å²) in [4.78, 5) is 0. The lowest BCUT2D eigenvalue weighted by Gasteiger charge is -2.32. The van der Waals surface area contributed by atoms with Gasteiger partial charge >= 0.3 is 0 Å². The van der Waals surface area contributed by atoms with Gasteiger partial charge in [0.2, 0.25) is 0 Å². The molecule has 104 valence electrons. The lowest BCUT2D eigenvalue weighted by atomic mass is 9.95. The van der Waals surface area contributed by atoms with Crippen LogP contribution in [0.15, 0.2) is 35.5 Å². The Morgan fingerprint density at radius 1 is 1.37 bits per heavy atom. The number of hydrogen-bond donors (Lipinski definition) is 3. The van der Waals surface area contributed by atoms with Crippen LogP contribution in [0.3, 0.4) is 0 Å². The molecule has 0 aliphatic heterocycles. The van der Waals surface area contributed by atoms with Gasteiger partial charge in [-0.1, -0.05) is 48.3 Å². The lowest BCUT2D eigenvalue weighted by molar-refractivity contribution is 0.304. The van der Waals surface area contributed by atoms with Crippen LogP contribution in [0, 0.1) is 0 Å². The molecule has 19 heavy (non-hydrogen) atoms. The monoisotopic (exact) mass is 261 g/mol. The van der Waals surface area contributed by atoms with E-state index in [0.29, 0.717) is 6.42 Å². The first-order valence-electron chi connectivity index (χ1n) is 6.92. The van der Waals surface area contributed by atoms with Gasteiger partial charge in [0.15, 0.2) is 0 Å². The van der Waals surface area contributed by atoms with Crippen molar-refractivity contribution < 1.29 is 5.21 Å². The molecule has 0 spiro atoms. The maximum absolute atomic E-state index is 8.79. The average Bonchev–Trinajstić information content (AvgIpc) is 2.85. The van der Waals surface area contributed by atoms with Crippen LogP contribution in [0.5, 0.6) is 0 Å². The van der Waals surface area contributed by atoms with Gasteiger partial charge in [-0.15, -0.1) is 0 Å². The Morgan fingerprint density at radius 2 is 2.00 bits per heavy atom. The Bertz CT molecular complexity index is 424. The number of nitrogens with one attached hydrogen (secondary N) is 1. The zero-order chi connectivity index (χ0) is 13.7. The number of nitrogens with two attached hydrogens (primary N) is 1. The van der Waals surface area contributed by atoms with Gasteiger partial charge in [-0.05, 0) is 25.3 Å². The first kappa shape index (κ1) is 13.9. The third-order valence-electron chi connectivity index (χ3n) is 3.97. The molecule has 1 atom stereocenters. The molecule has 1 fully saturated rings. The third kappa shape index (κ3) is 3.70. The Kier molecular flexibility index (Phi) is 4.43. The molecule has 0 radical (unpaired) electrons. The van der Waals surface area contributed by atoms with Crippen LogP contribution in [-0.4, -0.2) is 16.6 Å². The van der Waals surface area contributed by atoms with Gasteiger partial charge in [-0.2, -0.15) is 0 Å². The van der Waals surface area contributed by atoms with Crippen LogP contribution in [0.4, 0.5) is 0 Å². The van der Waals surface area contributed by atoms with Crippen molar-refractivity contribution in [3.63, 3.8) is 0 Å². The van der Waals surface area contributed by atoms with Crippen molar-refractivity contribution in [1.82, 2.24) is 5.32 Å². The largest absolute Gasteiger partial charge is 0.409 e. The van der Waals surface area contributed by atoms with Gasteiger partial charge in [0.25, 0.3) is 0 Å². The van der Waals surface area contributed by atoms with Crippen molar-refractivity contribution >= 4 is 5.84 Å². The van der Waals surface area contributed by atoms with Gasteiger partial charge in [0, 0.05) is 18.0 Å². The Balaban J connectivity index is 2.14. The van der Waals surface area contributed by atoms with Crippen molar-refractivity contribution in [3.05, 3.63) is 35.9 Å². The topological polar surface area (TPSA) is 70.6 Å². The minimum atomic E-state index is 0.0974. The Morgan fingerprint density at radius 3 is 2.58 bits per heavy atom. The van der Waals surface area contributed by atoms with Crippen molar-refractivity contribution in [1.29, 1.82) is 0 Å². The Labute approximate surface area is 114 Å². The molecular weight excluding hydrogens is 238 g/mol. The maximum atomic E-state index is 8.79. The summed E-state index contributed by atoms with van der Waals surface area (Å²) >= 11 is 0. The normalized spacial score (nSPS) is 20.4. The third-order valence-corrected chi connectivity index (χ3v) is 3.97. The summed E-state index contributed by atoms with van der Waals surface area (Å²) in [7, 11) is 0. The Hall–Kier alpha value is -1.55. The summed E-state index contributed by atoms with van der Waals surface area (Å²) in [5, 5.41) is 15.6. The fourth-order valence-electron chi connectivity index (χ4n) is 2.91. The summed E-state index contributed by atoms with van der Waals surface area (Å²) in [5.41, 5.74) is 7.03. The first-order valence-corrected chi connectivity index (χ1v) is 6.92. The number of oxime groups is 1. The summed E-state index contributed by atoms with van der Waals surface area (Å²) in [6.45, 7) is 2.27. The maximum Gasteiger partial charge on any atom is 0.141 e. The van der Waals surface area contributed by atoms with E-state index in [4.69, 9.17) is 10.9 Å². The molecule has 1 aliphatic carbocycles. The quantitative estimate of drug-likeness (QED) is 0.330. The summed E-state index contributed by atoms with van der Waals surface area (Å²) < 4.78 is 0. The SMILES string of the molecule is CC1(NC(CC(N)=NO)c2ccccc2)CCCC1. The van der Waals surface area contributed by atoms with Crippen molar-refractivity contribution in [2.75, 3.05) is 0 Å². The molecule has 1 aromatic carbocycles.